The van der Waals surface area contributed by atoms with Crippen LogP contribution < -0.4 is 14.4 Å². The number of likely N-dealkylation sites (N-methyl/N-ethyl adjacent to an activating group) is 1. The molecule has 0 saturated heterocycles. The Morgan fingerprint density at radius 3 is 2.67 bits per heavy atom. The quantitative estimate of drug-likeness (QED) is 0.565. The third-order valence-electron chi connectivity index (χ3n) is 4.50. The number of nitrogens with zero attached hydrogens (tertiary/aromatic N) is 3. The molecule has 10 heteroatoms. The number of carbonyl (C=O) groups is 1. The van der Waals surface area contributed by atoms with Crippen molar-refractivity contribution in [3.8, 4) is 11.5 Å². The first-order chi connectivity index (χ1) is 13.9. The number of benzene rings is 2. The molecular formula is C20H20ClF2N3O3S. The van der Waals surface area contributed by atoms with Gasteiger partial charge in [-0.1, -0.05) is 17.4 Å². The lowest BCUT2D eigenvalue weighted by atomic mass is 10.1. The van der Waals surface area contributed by atoms with Gasteiger partial charge in [-0.05, 0) is 37.9 Å². The molecule has 0 saturated carbocycles. The number of rotatable bonds is 6. The minimum atomic E-state index is -0.738. The summed E-state index contributed by atoms with van der Waals surface area (Å²) in [6.07, 6.45) is 0.122. The zero-order valence-electron chi connectivity index (χ0n) is 16.4. The summed E-state index contributed by atoms with van der Waals surface area (Å²) < 4.78 is 38.7. The Kier molecular flexibility index (Phi) is 6.74. The average molecular weight is 456 g/mol. The normalized spacial score (nSPS) is 12.3. The smallest absolute Gasteiger partial charge is 0.233 e. The van der Waals surface area contributed by atoms with Gasteiger partial charge in [0.25, 0.3) is 0 Å². The van der Waals surface area contributed by atoms with Crippen LogP contribution in [0, 0.1) is 11.6 Å². The second-order valence-electron chi connectivity index (χ2n) is 6.94. The number of hydrogen-bond acceptors (Lipinski definition) is 6. The van der Waals surface area contributed by atoms with E-state index in [9.17, 15) is 13.6 Å². The molecular weight excluding hydrogens is 436 g/mol. The van der Waals surface area contributed by atoms with Gasteiger partial charge < -0.3 is 14.4 Å². The molecule has 0 bridgehead atoms. The second-order valence-corrected chi connectivity index (χ2v) is 7.95. The number of halogens is 3. The third-order valence-corrected chi connectivity index (χ3v) is 5.52. The number of aromatic nitrogens is 1. The van der Waals surface area contributed by atoms with Crippen molar-refractivity contribution in [1.29, 1.82) is 0 Å². The van der Waals surface area contributed by atoms with Crippen molar-refractivity contribution in [2.45, 2.75) is 6.42 Å². The van der Waals surface area contributed by atoms with Gasteiger partial charge in [-0.15, -0.1) is 12.4 Å². The molecule has 0 radical (unpaired) electrons. The first-order valence-electron chi connectivity index (χ1n) is 9.00. The molecule has 2 aromatic carbocycles. The molecule has 0 fully saturated rings. The van der Waals surface area contributed by atoms with Gasteiger partial charge in [0.1, 0.15) is 11.3 Å². The zero-order chi connectivity index (χ0) is 20.5. The van der Waals surface area contributed by atoms with Gasteiger partial charge in [-0.3, -0.25) is 9.69 Å². The number of thiazole rings is 1. The SMILES string of the molecule is CN(C)CCN(C(=O)Cc1ccc2c(c1)OCO2)c1nc2c(F)cc(F)cc2s1.Cl. The summed E-state index contributed by atoms with van der Waals surface area (Å²) in [5.41, 5.74) is 0.838. The van der Waals surface area contributed by atoms with Gasteiger partial charge in [0, 0.05) is 19.2 Å². The summed E-state index contributed by atoms with van der Waals surface area (Å²) in [4.78, 5) is 20.8. The van der Waals surface area contributed by atoms with Crippen LogP contribution in [0.5, 0.6) is 11.5 Å². The van der Waals surface area contributed by atoms with Gasteiger partial charge in [-0.2, -0.15) is 0 Å². The summed E-state index contributed by atoms with van der Waals surface area (Å²) >= 11 is 1.10. The fourth-order valence-corrected chi connectivity index (χ4v) is 4.06. The second kappa shape index (κ2) is 9.11. The Labute approximate surface area is 182 Å². The fraction of sp³-hybridized carbons (Fsp3) is 0.300. The van der Waals surface area contributed by atoms with E-state index in [-0.39, 0.29) is 37.0 Å². The highest BCUT2D eigenvalue weighted by molar-refractivity contribution is 7.22. The molecule has 0 unspecified atom stereocenters. The van der Waals surface area contributed by atoms with Crippen molar-refractivity contribution in [1.82, 2.24) is 9.88 Å². The Hall–Kier alpha value is -2.49. The molecule has 6 nitrogen and oxygen atoms in total. The predicted octanol–water partition coefficient (Wildman–Crippen LogP) is 3.86. The van der Waals surface area contributed by atoms with Crippen molar-refractivity contribution in [3.05, 3.63) is 47.5 Å². The summed E-state index contributed by atoms with van der Waals surface area (Å²) in [5, 5.41) is 0.345. The monoisotopic (exact) mass is 455 g/mol. The summed E-state index contributed by atoms with van der Waals surface area (Å²) in [5.74, 6) is -0.345. The number of hydrogen-bond donors (Lipinski definition) is 0. The van der Waals surface area contributed by atoms with E-state index < -0.39 is 11.6 Å². The molecule has 30 heavy (non-hydrogen) atoms. The van der Waals surface area contributed by atoms with Crippen molar-refractivity contribution >= 4 is 45.0 Å². The standard InChI is InChI=1S/C20H19F2N3O3S.ClH/c1-24(2)5-6-25(20-23-19-14(22)9-13(21)10-17(19)29-20)18(26)8-12-3-4-15-16(7-12)28-11-27-15;/h3-4,7,9-10H,5-6,8,11H2,1-2H3;1H. The predicted molar refractivity (Wildman–Crippen MR) is 114 cm³/mol. The molecule has 1 aliphatic rings. The van der Waals surface area contributed by atoms with E-state index in [0.29, 0.717) is 34.4 Å². The van der Waals surface area contributed by atoms with Crippen LogP contribution in [0.4, 0.5) is 13.9 Å². The van der Waals surface area contributed by atoms with Gasteiger partial charge in [0.15, 0.2) is 22.4 Å². The van der Waals surface area contributed by atoms with Crippen LogP contribution in [0.2, 0.25) is 0 Å². The van der Waals surface area contributed by atoms with Gasteiger partial charge in [0.2, 0.25) is 12.7 Å². The third kappa shape index (κ3) is 4.63. The highest BCUT2D eigenvalue weighted by Crippen LogP contribution is 2.34. The summed E-state index contributed by atoms with van der Waals surface area (Å²) in [7, 11) is 3.79. The van der Waals surface area contributed by atoms with E-state index in [1.807, 2.05) is 25.1 Å². The van der Waals surface area contributed by atoms with E-state index >= 15 is 0 Å². The summed E-state index contributed by atoms with van der Waals surface area (Å²) in [6.45, 7) is 1.13. The topological polar surface area (TPSA) is 54.9 Å². The van der Waals surface area contributed by atoms with E-state index in [2.05, 4.69) is 4.98 Å². The Morgan fingerprint density at radius 1 is 1.13 bits per heavy atom. The average Bonchev–Trinajstić information content (AvgIpc) is 3.28. The van der Waals surface area contributed by atoms with Crippen LogP contribution in [0.15, 0.2) is 30.3 Å². The van der Waals surface area contributed by atoms with Crippen LogP contribution in [-0.2, 0) is 11.2 Å². The van der Waals surface area contributed by atoms with Crippen LogP contribution in [0.3, 0.4) is 0 Å². The van der Waals surface area contributed by atoms with Crippen molar-refractivity contribution < 1.29 is 23.0 Å². The molecule has 0 aliphatic carbocycles. The lowest BCUT2D eigenvalue weighted by Gasteiger charge is -2.22. The molecule has 0 N–H and O–H groups in total. The maximum absolute atomic E-state index is 14.1. The molecule has 4 rings (SSSR count). The first kappa shape index (κ1) is 22.2. The molecule has 160 valence electrons. The Bertz CT molecular complexity index is 1080. The molecule has 0 atom stereocenters. The number of ether oxygens (including phenoxy) is 2. The van der Waals surface area contributed by atoms with E-state index in [0.717, 1.165) is 23.0 Å². The van der Waals surface area contributed by atoms with E-state index in [4.69, 9.17) is 9.47 Å². The van der Waals surface area contributed by atoms with Crippen molar-refractivity contribution in [2.24, 2.45) is 0 Å². The van der Waals surface area contributed by atoms with E-state index in [1.165, 1.54) is 11.0 Å². The van der Waals surface area contributed by atoms with Crippen LogP contribution in [0.1, 0.15) is 5.56 Å². The summed E-state index contributed by atoms with van der Waals surface area (Å²) in [6, 6.07) is 7.38. The maximum atomic E-state index is 14.1. The number of anilines is 1. The lowest BCUT2D eigenvalue weighted by molar-refractivity contribution is -0.118. The zero-order valence-corrected chi connectivity index (χ0v) is 18.0. The van der Waals surface area contributed by atoms with Crippen LogP contribution in [-0.4, -0.2) is 49.8 Å². The Morgan fingerprint density at radius 2 is 1.90 bits per heavy atom. The highest BCUT2D eigenvalue weighted by Gasteiger charge is 2.23. The molecule has 1 aromatic heterocycles. The first-order valence-corrected chi connectivity index (χ1v) is 9.81. The largest absolute Gasteiger partial charge is 0.454 e. The number of amides is 1. The van der Waals surface area contributed by atoms with Crippen molar-refractivity contribution in [3.63, 3.8) is 0 Å². The van der Waals surface area contributed by atoms with Gasteiger partial charge >= 0.3 is 0 Å². The maximum Gasteiger partial charge on any atom is 0.233 e. The van der Waals surface area contributed by atoms with Crippen LogP contribution in [0.25, 0.3) is 10.2 Å². The molecule has 2 heterocycles. The Balaban J connectivity index is 0.00000256. The molecule has 3 aromatic rings. The van der Waals surface area contributed by atoms with Gasteiger partial charge in [-0.25, -0.2) is 13.8 Å². The van der Waals surface area contributed by atoms with Gasteiger partial charge in [0.05, 0.1) is 11.1 Å². The minimum Gasteiger partial charge on any atom is -0.454 e. The fourth-order valence-electron chi connectivity index (χ4n) is 3.01. The minimum absolute atomic E-state index is 0. The molecule has 1 amide bonds. The lowest BCUT2D eigenvalue weighted by Crippen LogP contribution is -2.37. The number of carbonyl (C=O) groups excluding carboxylic acids is 1. The number of fused-ring (bicyclic) bond motifs is 2. The van der Waals surface area contributed by atoms with Crippen molar-refractivity contribution in [2.75, 3.05) is 38.9 Å². The highest BCUT2D eigenvalue weighted by atomic mass is 35.5. The van der Waals surface area contributed by atoms with E-state index in [1.54, 1.807) is 12.1 Å². The molecule has 0 spiro atoms. The van der Waals surface area contributed by atoms with Crippen LogP contribution >= 0.6 is 23.7 Å². The molecule has 1 aliphatic heterocycles.